The van der Waals surface area contributed by atoms with Gasteiger partial charge in [0.05, 0.1) is 4.90 Å². The van der Waals surface area contributed by atoms with E-state index in [4.69, 9.17) is 0 Å². The van der Waals surface area contributed by atoms with E-state index in [2.05, 4.69) is 17.0 Å². The summed E-state index contributed by atoms with van der Waals surface area (Å²) in [6.07, 6.45) is 3.15. The number of nitrogens with one attached hydrogen (secondary N) is 2. The van der Waals surface area contributed by atoms with Crippen LogP contribution in [0.15, 0.2) is 53.4 Å². The van der Waals surface area contributed by atoms with Gasteiger partial charge < -0.3 is 5.32 Å². The van der Waals surface area contributed by atoms with Gasteiger partial charge in [-0.3, -0.25) is 4.79 Å². The molecule has 7 heteroatoms. The normalized spacial score (nSPS) is 11.3. The van der Waals surface area contributed by atoms with Crippen LogP contribution in [0.1, 0.15) is 42.1 Å². The lowest BCUT2D eigenvalue weighted by molar-refractivity contribution is 0.0954. The van der Waals surface area contributed by atoms with Crippen LogP contribution in [-0.4, -0.2) is 27.4 Å². The van der Waals surface area contributed by atoms with Gasteiger partial charge in [-0.25, -0.2) is 17.5 Å². The molecule has 0 aromatic heterocycles. The van der Waals surface area contributed by atoms with Crippen molar-refractivity contribution in [3.8, 4) is 0 Å². The average Bonchev–Trinajstić information content (AvgIpc) is 2.67. The van der Waals surface area contributed by atoms with Crippen LogP contribution in [0.4, 0.5) is 4.39 Å². The zero-order chi connectivity index (χ0) is 19.7. The molecule has 0 bridgehead atoms. The number of halogens is 1. The molecule has 0 radical (unpaired) electrons. The summed E-state index contributed by atoms with van der Waals surface area (Å²) < 4.78 is 40.5. The number of rotatable bonds is 10. The van der Waals surface area contributed by atoms with Crippen LogP contribution < -0.4 is 10.0 Å². The van der Waals surface area contributed by atoms with Crippen molar-refractivity contribution in [1.29, 1.82) is 0 Å². The van der Waals surface area contributed by atoms with Crippen molar-refractivity contribution in [2.24, 2.45) is 0 Å². The Bertz CT molecular complexity index is 852. The second kappa shape index (κ2) is 10.2. The van der Waals surface area contributed by atoms with Crippen LogP contribution >= 0.6 is 0 Å². The molecule has 0 unspecified atom stereocenters. The molecule has 0 spiro atoms. The van der Waals surface area contributed by atoms with Crippen molar-refractivity contribution in [2.45, 2.75) is 37.5 Å². The first-order valence-electron chi connectivity index (χ1n) is 9.05. The minimum absolute atomic E-state index is 0.127. The Hall–Kier alpha value is -2.25. The number of amides is 1. The maximum Gasteiger partial charge on any atom is 0.251 e. The Morgan fingerprint density at radius 3 is 2.37 bits per heavy atom. The number of benzene rings is 2. The second-order valence-electron chi connectivity index (χ2n) is 6.23. The van der Waals surface area contributed by atoms with Gasteiger partial charge in [0, 0.05) is 18.7 Å². The number of hydrogen-bond acceptors (Lipinski definition) is 3. The van der Waals surface area contributed by atoms with Crippen LogP contribution in [0.3, 0.4) is 0 Å². The SMILES string of the molecule is CCCCCNS(=O)(=O)c1ccc(C(=O)NCCc2ccccc2F)cc1. The molecule has 0 aliphatic heterocycles. The monoisotopic (exact) mass is 392 g/mol. The molecule has 0 aliphatic carbocycles. The van der Waals surface area contributed by atoms with Crippen molar-refractivity contribution >= 4 is 15.9 Å². The van der Waals surface area contributed by atoms with Gasteiger partial charge in [0.25, 0.3) is 5.91 Å². The molecule has 2 aromatic carbocycles. The Labute approximate surface area is 160 Å². The molecule has 0 atom stereocenters. The number of carbonyl (C=O) groups is 1. The van der Waals surface area contributed by atoms with Crippen LogP contribution in [0.2, 0.25) is 0 Å². The fourth-order valence-corrected chi connectivity index (χ4v) is 3.64. The summed E-state index contributed by atoms with van der Waals surface area (Å²) in [6.45, 7) is 2.74. The van der Waals surface area contributed by atoms with Crippen molar-refractivity contribution < 1.29 is 17.6 Å². The highest BCUT2D eigenvalue weighted by Gasteiger charge is 2.14. The number of hydrogen-bond donors (Lipinski definition) is 2. The lowest BCUT2D eigenvalue weighted by Crippen LogP contribution is -2.26. The summed E-state index contributed by atoms with van der Waals surface area (Å²) >= 11 is 0. The van der Waals surface area contributed by atoms with E-state index in [1.54, 1.807) is 18.2 Å². The average molecular weight is 392 g/mol. The number of carbonyl (C=O) groups excluding carboxylic acids is 1. The molecule has 2 rings (SSSR count). The van der Waals surface area contributed by atoms with E-state index < -0.39 is 10.0 Å². The molecule has 146 valence electrons. The molecule has 2 aromatic rings. The molecular weight excluding hydrogens is 367 g/mol. The molecule has 0 aliphatic rings. The fourth-order valence-electron chi connectivity index (χ4n) is 2.56. The van der Waals surface area contributed by atoms with Gasteiger partial charge in [0.2, 0.25) is 10.0 Å². The van der Waals surface area contributed by atoms with Gasteiger partial charge in [-0.2, -0.15) is 0 Å². The fraction of sp³-hybridized carbons (Fsp3) is 0.350. The third-order valence-corrected chi connectivity index (χ3v) is 5.61. The molecule has 5 nitrogen and oxygen atoms in total. The molecule has 0 saturated heterocycles. The van der Waals surface area contributed by atoms with Gasteiger partial charge in [-0.15, -0.1) is 0 Å². The predicted molar refractivity (Wildman–Crippen MR) is 104 cm³/mol. The second-order valence-corrected chi connectivity index (χ2v) is 7.99. The molecule has 0 heterocycles. The van der Waals surface area contributed by atoms with Crippen LogP contribution in [0, 0.1) is 5.82 Å². The highest BCUT2D eigenvalue weighted by Crippen LogP contribution is 2.11. The number of sulfonamides is 1. The quantitative estimate of drug-likeness (QED) is 0.610. The lowest BCUT2D eigenvalue weighted by Gasteiger charge is -2.08. The molecule has 27 heavy (non-hydrogen) atoms. The first-order chi connectivity index (χ1) is 12.9. The van der Waals surface area contributed by atoms with E-state index in [0.29, 0.717) is 30.6 Å². The lowest BCUT2D eigenvalue weighted by atomic mass is 10.1. The predicted octanol–water partition coefficient (Wildman–Crippen LogP) is 3.27. The smallest absolute Gasteiger partial charge is 0.251 e. The number of unbranched alkanes of at least 4 members (excludes halogenated alkanes) is 2. The minimum Gasteiger partial charge on any atom is -0.352 e. The Morgan fingerprint density at radius 1 is 1.00 bits per heavy atom. The van der Waals surface area contributed by atoms with E-state index in [0.717, 1.165) is 19.3 Å². The zero-order valence-electron chi connectivity index (χ0n) is 15.4. The summed E-state index contributed by atoms with van der Waals surface area (Å²) in [6, 6.07) is 12.2. The van der Waals surface area contributed by atoms with E-state index in [9.17, 15) is 17.6 Å². The molecular formula is C20H25FN2O3S. The Morgan fingerprint density at radius 2 is 1.70 bits per heavy atom. The summed E-state index contributed by atoms with van der Waals surface area (Å²) in [4.78, 5) is 12.3. The molecule has 1 amide bonds. The molecule has 0 saturated carbocycles. The minimum atomic E-state index is -3.56. The zero-order valence-corrected chi connectivity index (χ0v) is 16.2. The van der Waals surface area contributed by atoms with E-state index >= 15 is 0 Å². The summed E-state index contributed by atoms with van der Waals surface area (Å²) in [5.41, 5.74) is 0.891. The van der Waals surface area contributed by atoms with Gasteiger partial charge in [0.15, 0.2) is 0 Å². The molecule has 2 N–H and O–H groups in total. The van der Waals surface area contributed by atoms with Gasteiger partial charge in [-0.1, -0.05) is 38.0 Å². The van der Waals surface area contributed by atoms with Crippen molar-refractivity contribution in [2.75, 3.05) is 13.1 Å². The highest BCUT2D eigenvalue weighted by molar-refractivity contribution is 7.89. The van der Waals surface area contributed by atoms with Crippen LogP contribution in [-0.2, 0) is 16.4 Å². The summed E-state index contributed by atoms with van der Waals surface area (Å²) in [5.74, 6) is -0.626. The third kappa shape index (κ3) is 6.45. The van der Waals surface area contributed by atoms with Gasteiger partial charge >= 0.3 is 0 Å². The van der Waals surface area contributed by atoms with E-state index in [1.807, 2.05) is 0 Å². The van der Waals surface area contributed by atoms with Crippen LogP contribution in [0.5, 0.6) is 0 Å². The Balaban J connectivity index is 1.88. The highest BCUT2D eigenvalue weighted by atomic mass is 32.2. The van der Waals surface area contributed by atoms with E-state index in [1.165, 1.54) is 30.3 Å². The first-order valence-corrected chi connectivity index (χ1v) is 10.5. The van der Waals surface area contributed by atoms with Crippen molar-refractivity contribution in [1.82, 2.24) is 10.0 Å². The van der Waals surface area contributed by atoms with Crippen LogP contribution in [0.25, 0.3) is 0 Å². The Kier molecular flexibility index (Phi) is 7.94. The third-order valence-electron chi connectivity index (χ3n) is 4.14. The standard InChI is InChI=1S/C20H25FN2O3S/c1-2-3-6-14-23-27(25,26)18-11-9-17(10-12-18)20(24)22-15-13-16-7-4-5-8-19(16)21/h4-5,7-12,23H,2-3,6,13-15H2,1H3,(H,22,24). The van der Waals surface area contributed by atoms with E-state index in [-0.39, 0.29) is 16.6 Å². The maximum atomic E-state index is 13.5. The largest absolute Gasteiger partial charge is 0.352 e. The summed E-state index contributed by atoms with van der Waals surface area (Å²) in [5, 5.41) is 2.71. The topological polar surface area (TPSA) is 75.3 Å². The van der Waals surface area contributed by atoms with Crippen molar-refractivity contribution in [3.05, 3.63) is 65.5 Å². The van der Waals surface area contributed by atoms with Crippen molar-refractivity contribution in [3.63, 3.8) is 0 Å². The maximum absolute atomic E-state index is 13.5. The van der Waals surface area contributed by atoms with Gasteiger partial charge in [-0.05, 0) is 48.7 Å². The first kappa shape index (κ1) is 21.1. The summed E-state index contributed by atoms with van der Waals surface area (Å²) in [7, 11) is -3.56. The van der Waals surface area contributed by atoms with Gasteiger partial charge in [0.1, 0.15) is 5.82 Å². The molecule has 0 fully saturated rings.